The summed E-state index contributed by atoms with van der Waals surface area (Å²) < 4.78 is 23.8. The monoisotopic (exact) mass is 465 g/mol. The lowest BCUT2D eigenvalue weighted by atomic mass is 9.90. The number of fused-ring (bicyclic) bond motifs is 1. The summed E-state index contributed by atoms with van der Waals surface area (Å²) in [7, 11) is 0. The van der Waals surface area contributed by atoms with Crippen LogP contribution < -0.4 is 5.73 Å². The van der Waals surface area contributed by atoms with Gasteiger partial charge in [0.2, 0.25) is 0 Å². The highest BCUT2D eigenvalue weighted by Gasteiger charge is 2.31. The number of likely N-dealkylation sites (tertiary alicyclic amines) is 1. The maximum atomic E-state index is 13.3. The minimum absolute atomic E-state index is 0.200. The highest BCUT2D eigenvalue weighted by atomic mass is 19.1. The first kappa shape index (κ1) is 25.9. The molecule has 1 aromatic heterocycles. The number of nitrogens with zero attached hydrogens (tertiary/aromatic N) is 2. The highest BCUT2D eigenvalue weighted by molar-refractivity contribution is 5.89. The predicted octanol–water partition coefficient (Wildman–Crippen LogP) is 2.14. The van der Waals surface area contributed by atoms with Crippen LogP contribution in [0.2, 0.25) is 0 Å². The van der Waals surface area contributed by atoms with Crippen LogP contribution in [0.3, 0.4) is 0 Å². The van der Waals surface area contributed by atoms with Gasteiger partial charge in [-0.05, 0) is 44.5 Å². The molecule has 0 saturated carbocycles. The molecule has 2 heterocycles. The summed E-state index contributed by atoms with van der Waals surface area (Å²) in [4.78, 5) is 33.4. The molecule has 1 fully saturated rings. The molecule has 1 saturated heterocycles. The summed E-state index contributed by atoms with van der Waals surface area (Å²) in [5, 5.41) is 20.7. The van der Waals surface area contributed by atoms with E-state index in [-0.39, 0.29) is 30.4 Å². The van der Waals surface area contributed by atoms with Gasteiger partial charge < -0.3 is 25.2 Å². The fourth-order valence-corrected chi connectivity index (χ4v) is 3.68. The number of benzene rings is 1. The van der Waals surface area contributed by atoms with E-state index in [9.17, 15) is 18.8 Å². The molecule has 0 spiro atoms. The molecule has 10 nitrogen and oxygen atoms in total. The molecule has 0 amide bonds. The van der Waals surface area contributed by atoms with Crippen molar-refractivity contribution in [1.29, 1.82) is 0 Å². The normalized spacial score (nSPS) is 15.7. The molecule has 1 unspecified atom stereocenters. The second kappa shape index (κ2) is 12.7. The molecule has 0 aliphatic carbocycles. The third-order valence-electron chi connectivity index (χ3n) is 5.21. The SMILES string of the molecule is CCC(C(=O)OCCN)N1CCC(c2noc3cc(F)ccc23)CC1.O=C(O)/C=C/C(=O)O. The molecule has 0 radical (unpaired) electrons. The Kier molecular flexibility index (Phi) is 9.95. The van der Waals surface area contributed by atoms with E-state index in [1.165, 1.54) is 12.1 Å². The number of piperidine rings is 1. The van der Waals surface area contributed by atoms with Crippen molar-refractivity contribution in [3.8, 4) is 0 Å². The van der Waals surface area contributed by atoms with Gasteiger partial charge in [0.05, 0.1) is 5.69 Å². The molecule has 33 heavy (non-hydrogen) atoms. The second-order valence-corrected chi connectivity index (χ2v) is 7.41. The van der Waals surface area contributed by atoms with Gasteiger partial charge in [-0.25, -0.2) is 14.0 Å². The van der Waals surface area contributed by atoms with Crippen molar-refractivity contribution in [2.45, 2.75) is 38.1 Å². The zero-order valence-electron chi connectivity index (χ0n) is 18.3. The van der Waals surface area contributed by atoms with Crippen molar-refractivity contribution in [2.24, 2.45) is 5.73 Å². The average Bonchev–Trinajstić information content (AvgIpc) is 3.20. The maximum Gasteiger partial charge on any atom is 0.328 e. The van der Waals surface area contributed by atoms with Crippen LogP contribution in [0.1, 0.15) is 37.8 Å². The third-order valence-corrected chi connectivity index (χ3v) is 5.21. The van der Waals surface area contributed by atoms with E-state index in [2.05, 4.69) is 10.1 Å². The minimum atomic E-state index is -1.26. The van der Waals surface area contributed by atoms with Gasteiger partial charge in [-0.3, -0.25) is 9.69 Å². The quantitative estimate of drug-likeness (QED) is 0.390. The molecule has 3 rings (SSSR count). The first-order valence-electron chi connectivity index (χ1n) is 10.6. The average molecular weight is 465 g/mol. The molecular formula is C22H28FN3O7. The number of esters is 1. The molecule has 1 aliphatic rings. The summed E-state index contributed by atoms with van der Waals surface area (Å²) in [6, 6.07) is 4.29. The van der Waals surface area contributed by atoms with Gasteiger partial charge in [0.25, 0.3) is 0 Å². The van der Waals surface area contributed by atoms with E-state index < -0.39 is 11.9 Å². The Morgan fingerprint density at radius 1 is 1.27 bits per heavy atom. The van der Waals surface area contributed by atoms with Crippen LogP contribution in [0.15, 0.2) is 34.9 Å². The summed E-state index contributed by atoms with van der Waals surface area (Å²) in [6.45, 7) is 4.16. The van der Waals surface area contributed by atoms with Gasteiger partial charge in [0.15, 0.2) is 5.58 Å². The van der Waals surface area contributed by atoms with Gasteiger partial charge in [0.1, 0.15) is 18.5 Å². The second-order valence-electron chi connectivity index (χ2n) is 7.41. The Balaban J connectivity index is 0.000000414. The van der Waals surface area contributed by atoms with Gasteiger partial charge in [-0.1, -0.05) is 12.1 Å². The first-order valence-corrected chi connectivity index (χ1v) is 10.6. The molecule has 0 bridgehead atoms. The van der Waals surface area contributed by atoms with Crippen LogP contribution in [0.4, 0.5) is 4.39 Å². The Hall–Kier alpha value is -3.31. The van der Waals surface area contributed by atoms with Gasteiger partial charge in [0, 0.05) is 36.1 Å². The smallest absolute Gasteiger partial charge is 0.328 e. The van der Waals surface area contributed by atoms with Crippen molar-refractivity contribution in [2.75, 3.05) is 26.2 Å². The summed E-state index contributed by atoms with van der Waals surface area (Å²) in [5.74, 6) is -2.79. The van der Waals surface area contributed by atoms with E-state index >= 15 is 0 Å². The number of carboxylic acids is 2. The number of aliphatic carboxylic acids is 2. The van der Waals surface area contributed by atoms with E-state index in [0.29, 0.717) is 30.7 Å². The standard InChI is InChI=1S/C18H24FN3O3.C4H4O4/c1-2-15(18(23)24-10-7-20)22-8-5-12(6-9-22)17-14-4-3-13(19)11-16(14)25-21-17;5-3(6)1-2-4(7)8/h3-4,11-12,15H,2,5-10,20H2,1H3;1-2H,(H,5,6)(H,7,8)/b;2-1+. The van der Waals surface area contributed by atoms with Crippen molar-refractivity contribution in [3.05, 3.63) is 41.9 Å². The number of hydrogen-bond acceptors (Lipinski definition) is 8. The minimum Gasteiger partial charge on any atom is -0.478 e. The van der Waals surface area contributed by atoms with Crippen LogP contribution >= 0.6 is 0 Å². The lowest BCUT2D eigenvalue weighted by Gasteiger charge is -2.35. The summed E-state index contributed by atoms with van der Waals surface area (Å²) >= 11 is 0. The first-order chi connectivity index (χ1) is 15.8. The Bertz CT molecular complexity index is 968. The van der Waals surface area contributed by atoms with E-state index in [0.717, 1.165) is 37.0 Å². The Morgan fingerprint density at radius 2 is 1.91 bits per heavy atom. The largest absolute Gasteiger partial charge is 0.478 e. The number of nitrogens with two attached hydrogens (primary N) is 1. The number of halogens is 1. The molecule has 2 aromatic rings. The van der Waals surface area contributed by atoms with Crippen LogP contribution in [0.5, 0.6) is 0 Å². The van der Waals surface area contributed by atoms with Gasteiger partial charge >= 0.3 is 17.9 Å². The molecule has 4 N–H and O–H groups in total. The highest BCUT2D eigenvalue weighted by Crippen LogP contribution is 2.33. The maximum absolute atomic E-state index is 13.3. The number of rotatable bonds is 8. The predicted molar refractivity (Wildman–Crippen MR) is 116 cm³/mol. The fraction of sp³-hybridized carbons (Fsp3) is 0.455. The fourth-order valence-electron chi connectivity index (χ4n) is 3.68. The lowest BCUT2D eigenvalue weighted by molar-refractivity contribution is -0.150. The lowest BCUT2D eigenvalue weighted by Crippen LogP contribution is -2.46. The van der Waals surface area contributed by atoms with E-state index in [1.807, 2.05) is 6.92 Å². The molecule has 1 aromatic carbocycles. The van der Waals surface area contributed by atoms with Crippen LogP contribution in [-0.4, -0.2) is 70.5 Å². The molecule has 1 atom stereocenters. The molecule has 11 heteroatoms. The number of ether oxygens (including phenoxy) is 1. The van der Waals surface area contributed by atoms with Gasteiger partial charge in [-0.2, -0.15) is 0 Å². The van der Waals surface area contributed by atoms with Crippen molar-refractivity contribution < 1.29 is 38.2 Å². The number of carboxylic acid groups (broad SMARTS) is 2. The van der Waals surface area contributed by atoms with Crippen molar-refractivity contribution >= 4 is 28.9 Å². The number of aromatic nitrogens is 1. The number of carbonyl (C=O) groups excluding carboxylic acids is 1. The third kappa shape index (κ3) is 7.65. The molecule has 180 valence electrons. The molecular weight excluding hydrogens is 437 g/mol. The van der Waals surface area contributed by atoms with Gasteiger partial charge in [-0.15, -0.1) is 0 Å². The van der Waals surface area contributed by atoms with Crippen LogP contribution in [0, 0.1) is 5.82 Å². The van der Waals surface area contributed by atoms with Crippen LogP contribution in [-0.2, 0) is 19.1 Å². The number of hydrogen-bond donors (Lipinski definition) is 3. The summed E-state index contributed by atoms with van der Waals surface area (Å²) in [5.41, 5.74) is 6.76. The Labute approximate surface area is 189 Å². The summed E-state index contributed by atoms with van der Waals surface area (Å²) in [6.07, 6.45) is 3.57. The zero-order chi connectivity index (χ0) is 24.4. The van der Waals surface area contributed by atoms with E-state index in [1.54, 1.807) is 6.07 Å². The topological polar surface area (TPSA) is 156 Å². The van der Waals surface area contributed by atoms with Crippen molar-refractivity contribution in [3.63, 3.8) is 0 Å². The number of carbonyl (C=O) groups is 3. The van der Waals surface area contributed by atoms with Crippen LogP contribution in [0.25, 0.3) is 11.0 Å². The van der Waals surface area contributed by atoms with Crippen molar-refractivity contribution in [1.82, 2.24) is 10.1 Å². The zero-order valence-corrected chi connectivity index (χ0v) is 18.3. The molecule has 1 aliphatic heterocycles. The Morgan fingerprint density at radius 3 is 2.45 bits per heavy atom. The van der Waals surface area contributed by atoms with E-state index in [4.69, 9.17) is 25.2 Å².